The van der Waals surface area contributed by atoms with Crippen molar-refractivity contribution in [2.75, 3.05) is 6.61 Å². The summed E-state index contributed by atoms with van der Waals surface area (Å²) in [6.45, 7) is 4.44. The van der Waals surface area contributed by atoms with Gasteiger partial charge in [-0.05, 0) is 25.5 Å². The Labute approximate surface area is 141 Å². The topological polar surface area (TPSA) is 46.5 Å². The van der Waals surface area contributed by atoms with Gasteiger partial charge in [-0.25, -0.2) is 4.79 Å². The summed E-state index contributed by atoms with van der Waals surface area (Å²) in [6.07, 6.45) is 12.6. The van der Waals surface area contributed by atoms with Crippen LogP contribution in [0.4, 0.5) is 0 Å². The van der Waals surface area contributed by atoms with Gasteiger partial charge in [-0.15, -0.1) is 0 Å². The lowest BCUT2D eigenvalue weighted by atomic mass is 10.1. The third kappa shape index (κ3) is 8.06. The molecule has 0 bridgehead atoms. The Hall–Kier alpha value is -1.51. The quantitative estimate of drug-likeness (QED) is 0.392. The molecule has 130 valence electrons. The van der Waals surface area contributed by atoms with E-state index in [4.69, 9.17) is 4.74 Å². The fourth-order valence-corrected chi connectivity index (χ4v) is 2.68. The van der Waals surface area contributed by atoms with Gasteiger partial charge in [-0.3, -0.25) is 0 Å². The van der Waals surface area contributed by atoms with E-state index in [1.54, 1.807) is 25.1 Å². The molecule has 3 nitrogen and oxygen atoms in total. The zero-order valence-electron chi connectivity index (χ0n) is 14.8. The number of benzene rings is 1. The number of hydrogen-bond acceptors (Lipinski definition) is 3. The monoisotopic (exact) mass is 320 g/mol. The van der Waals surface area contributed by atoms with Gasteiger partial charge >= 0.3 is 5.97 Å². The summed E-state index contributed by atoms with van der Waals surface area (Å²) >= 11 is 0. The van der Waals surface area contributed by atoms with Crippen LogP contribution in [0.5, 0.6) is 5.75 Å². The second-order valence-corrected chi connectivity index (χ2v) is 6.27. The molecule has 1 aromatic rings. The molecule has 0 spiro atoms. The number of unbranched alkanes of at least 4 members (excludes halogenated alkanes) is 9. The van der Waals surface area contributed by atoms with Crippen molar-refractivity contribution in [2.45, 2.75) is 78.1 Å². The maximum absolute atomic E-state index is 11.9. The first-order valence-electron chi connectivity index (χ1n) is 9.12. The average molecular weight is 320 g/mol. The molecule has 0 atom stereocenters. The molecule has 0 saturated carbocycles. The van der Waals surface area contributed by atoms with Crippen LogP contribution in [0.25, 0.3) is 0 Å². The van der Waals surface area contributed by atoms with Gasteiger partial charge in [-0.2, -0.15) is 0 Å². The summed E-state index contributed by atoms with van der Waals surface area (Å²) in [4.78, 5) is 11.9. The highest BCUT2D eigenvalue weighted by Gasteiger charge is 2.12. The van der Waals surface area contributed by atoms with Gasteiger partial charge in [0.1, 0.15) is 5.75 Å². The predicted molar refractivity (Wildman–Crippen MR) is 95.0 cm³/mol. The zero-order chi connectivity index (χ0) is 16.9. The lowest BCUT2D eigenvalue weighted by Gasteiger charge is -2.08. The molecule has 0 aliphatic rings. The Bertz CT molecular complexity index is 454. The third-order valence-electron chi connectivity index (χ3n) is 4.26. The summed E-state index contributed by atoms with van der Waals surface area (Å²) in [7, 11) is 0. The number of phenols is 1. The van der Waals surface area contributed by atoms with E-state index in [0.29, 0.717) is 17.7 Å². The number of carbonyl (C=O) groups is 1. The molecule has 23 heavy (non-hydrogen) atoms. The fraction of sp³-hybridized carbons (Fsp3) is 0.650. The van der Waals surface area contributed by atoms with E-state index < -0.39 is 0 Å². The first kappa shape index (κ1) is 19.5. The van der Waals surface area contributed by atoms with Crippen molar-refractivity contribution in [1.82, 2.24) is 0 Å². The molecule has 3 heteroatoms. The standard InChI is InChI=1S/C20H32O3/c1-3-4-5-6-7-8-9-10-11-12-16-23-20(22)18-14-13-15-19(21)17(18)2/h13-15,21H,3-12,16H2,1-2H3. The minimum absolute atomic E-state index is 0.137. The Morgan fingerprint density at radius 2 is 1.52 bits per heavy atom. The van der Waals surface area contributed by atoms with Crippen molar-refractivity contribution in [3.63, 3.8) is 0 Å². The largest absolute Gasteiger partial charge is 0.508 e. The van der Waals surface area contributed by atoms with Gasteiger partial charge < -0.3 is 9.84 Å². The Morgan fingerprint density at radius 1 is 0.957 bits per heavy atom. The van der Waals surface area contributed by atoms with E-state index in [0.717, 1.165) is 12.8 Å². The van der Waals surface area contributed by atoms with Crippen molar-refractivity contribution in [3.8, 4) is 5.75 Å². The molecule has 0 aliphatic heterocycles. The number of ether oxygens (including phenoxy) is 1. The number of hydrogen-bond donors (Lipinski definition) is 1. The average Bonchev–Trinajstić information content (AvgIpc) is 2.55. The number of rotatable bonds is 12. The van der Waals surface area contributed by atoms with Crippen LogP contribution in [0.3, 0.4) is 0 Å². The van der Waals surface area contributed by atoms with Gasteiger partial charge in [0.15, 0.2) is 0 Å². The third-order valence-corrected chi connectivity index (χ3v) is 4.26. The fourth-order valence-electron chi connectivity index (χ4n) is 2.68. The predicted octanol–water partition coefficient (Wildman–Crippen LogP) is 5.78. The molecule has 0 aromatic heterocycles. The second kappa shape index (κ2) is 12.0. The normalized spacial score (nSPS) is 10.7. The van der Waals surface area contributed by atoms with Crippen LogP contribution in [0, 0.1) is 6.92 Å². The lowest BCUT2D eigenvalue weighted by molar-refractivity contribution is 0.0496. The summed E-state index contributed by atoms with van der Waals surface area (Å²) < 4.78 is 5.29. The molecule has 0 unspecified atom stereocenters. The Balaban J connectivity index is 2.03. The van der Waals surface area contributed by atoms with Crippen LogP contribution in [0.2, 0.25) is 0 Å². The minimum Gasteiger partial charge on any atom is -0.508 e. The SMILES string of the molecule is CCCCCCCCCCCCOC(=O)c1cccc(O)c1C. The van der Waals surface area contributed by atoms with Crippen LogP contribution in [0.1, 0.15) is 87.1 Å². The molecule has 1 rings (SSSR count). The highest BCUT2D eigenvalue weighted by molar-refractivity contribution is 5.91. The molecule has 0 heterocycles. The number of phenolic OH excluding ortho intramolecular Hbond substituents is 1. The molecule has 0 amide bonds. The molecule has 0 saturated heterocycles. The number of carbonyl (C=O) groups excluding carboxylic acids is 1. The van der Waals surface area contributed by atoms with Gasteiger partial charge in [0.05, 0.1) is 12.2 Å². The van der Waals surface area contributed by atoms with E-state index in [2.05, 4.69) is 6.92 Å². The number of aromatic hydroxyl groups is 1. The Kier molecular flexibility index (Phi) is 10.2. The first-order valence-corrected chi connectivity index (χ1v) is 9.12. The van der Waals surface area contributed by atoms with Gasteiger partial charge in [0, 0.05) is 5.56 Å². The van der Waals surface area contributed by atoms with E-state index >= 15 is 0 Å². The van der Waals surface area contributed by atoms with Crippen LogP contribution >= 0.6 is 0 Å². The van der Waals surface area contributed by atoms with E-state index in [1.807, 2.05) is 0 Å². The van der Waals surface area contributed by atoms with Crippen molar-refractivity contribution >= 4 is 5.97 Å². The van der Waals surface area contributed by atoms with Crippen LogP contribution in [0.15, 0.2) is 18.2 Å². The van der Waals surface area contributed by atoms with Crippen LogP contribution in [-0.4, -0.2) is 17.7 Å². The molecule has 0 fully saturated rings. The molecular formula is C20H32O3. The van der Waals surface area contributed by atoms with Gasteiger partial charge in [0.2, 0.25) is 0 Å². The lowest BCUT2D eigenvalue weighted by Crippen LogP contribution is -2.08. The Morgan fingerprint density at radius 3 is 2.13 bits per heavy atom. The van der Waals surface area contributed by atoms with E-state index in [-0.39, 0.29) is 11.7 Å². The first-order chi connectivity index (χ1) is 11.2. The maximum Gasteiger partial charge on any atom is 0.338 e. The van der Waals surface area contributed by atoms with Gasteiger partial charge in [-0.1, -0.05) is 70.8 Å². The molecule has 0 radical (unpaired) electrons. The minimum atomic E-state index is -0.339. The maximum atomic E-state index is 11.9. The van der Waals surface area contributed by atoms with Crippen molar-refractivity contribution in [2.24, 2.45) is 0 Å². The van der Waals surface area contributed by atoms with Gasteiger partial charge in [0.25, 0.3) is 0 Å². The smallest absolute Gasteiger partial charge is 0.338 e. The molecular weight excluding hydrogens is 288 g/mol. The molecule has 0 aliphatic carbocycles. The van der Waals surface area contributed by atoms with E-state index in [1.165, 1.54) is 51.4 Å². The van der Waals surface area contributed by atoms with E-state index in [9.17, 15) is 9.90 Å². The second-order valence-electron chi connectivity index (χ2n) is 6.27. The summed E-state index contributed by atoms with van der Waals surface area (Å²) in [5, 5.41) is 9.60. The highest BCUT2D eigenvalue weighted by atomic mass is 16.5. The summed E-state index contributed by atoms with van der Waals surface area (Å²) in [5.74, 6) is -0.201. The van der Waals surface area contributed by atoms with Crippen LogP contribution in [-0.2, 0) is 4.74 Å². The molecule has 1 aromatic carbocycles. The molecule has 1 N–H and O–H groups in total. The van der Waals surface area contributed by atoms with Crippen molar-refractivity contribution in [3.05, 3.63) is 29.3 Å². The van der Waals surface area contributed by atoms with Crippen molar-refractivity contribution in [1.29, 1.82) is 0 Å². The summed E-state index contributed by atoms with van der Waals surface area (Å²) in [6, 6.07) is 4.93. The van der Waals surface area contributed by atoms with Crippen LogP contribution < -0.4 is 0 Å². The van der Waals surface area contributed by atoms with Crippen molar-refractivity contribution < 1.29 is 14.6 Å². The summed E-state index contributed by atoms with van der Waals surface area (Å²) in [5.41, 5.74) is 1.04. The highest BCUT2D eigenvalue weighted by Crippen LogP contribution is 2.20. The zero-order valence-corrected chi connectivity index (χ0v) is 14.8. The number of esters is 1.